The second-order valence-corrected chi connectivity index (χ2v) is 38.8. The van der Waals surface area contributed by atoms with Crippen LogP contribution in [0.15, 0.2) is 393 Å². The van der Waals surface area contributed by atoms with Gasteiger partial charge in [-0.05, 0) is 327 Å². The van der Waals surface area contributed by atoms with E-state index in [9.17, 15) is 0 Å². The molecular formula is C124H88BBrO2. The fraction of sp³-hybridized carbons (Fsp3) is 0.0968. The highest BCUT2D eigenvalue weighted by Gasteiger charge is 2.52. The summed E-state index contributed by atoms with van der Waals surface area (Å²) in [6.07, 6.45) is 0. The normalized spacial score (nSPS) is 14.6. The summed E-state index contributed by atoms with van der Waals surface area (Å²) in [7, 11) is -0.358. The van der Waals surface area contributed by atoms with Crippen molar-refractivity contribution in [1.29, 1.82) is 0 Å². The third-order valence-electron chi connectivity index (χ3n) is 29.8. The van der Waals surface area contributed by atoms with Crippen LogP contribution in [0.2, 0.25) is 0 Å². The fourth-order valence-corrected chi connectivity index (χ4v) is 22.9. The third-order valence-corrected chi connectivity index (χ3v) is 30.3. The van der Waals surface area contributed by atoms with Crippen LogP contribution >= 0.6 is 15.9 Å². The first-order chi connectivity index (χ1) is 62.4. The number of hydrogen-bond donors (Lipinski definition) is 0. The van der Waals surface area contributed by atoms with Gasteiger partial charge in [-0.3, -0.25) is 0 Å². The zero-order chi connectivity index (χ0) is 86.0. The lowest BCUT2D eigenvalue weighted by Gasteiger charge is -2.32. The van der Waals surface area contributed by atoms with Gasteiger partial charge in [0.2, 0.25) is 0 Å². The lowest BCUT2D eigenvalue weighted by atomic mass is 9.78. The monoisotopic (exact) mass is 1700 g/mol. The van der Waals surface area contributed by atoms with Crippen LogP contribution in [0, 0.1) is 0 Å². The van der Waals surface area contributed by atoms with Crippen molar-refractivity contribution in [2.24, 2.45) is 0 Å². The first-order valence-corrected chi connectivity index (χ1v) is 45.8. The average Bonchev–Trinajstić information content (AvgIpc) is 1.47. The van der Waals surface area contributed by atoms with Crippen molar-refractivity contribution in [2.75, 3.05) is 0 Å². The van der Waals surface area contributed by atoms with Crippen LogP contribution in [0.25, 0.3) is 229 Å². The van der Waals surface area contributed by atoms with Crippen LogP contribution in [0.3, 0.4) is 0 Å². The second kappa shape index (κ2) is 28.5. The average molecular weight is 1700 g/mol. The Morgan fingerprint density at radius 1 is 0.188 bits per heavy atom. The zero-order valence-corrected chi connectivity index (χ0v) is 74.3. The number of hydrogen-bond acceptors (Lipinski definition) is 2. The predicted octanol–water partition coefficient (Wildman–Crippen LogP) is 34.1. The van der Waals surface area contributed by atoms with Crippen molar-refractivity contribution in [3.05, 3.63) is 415 Å². The number of benzene rings is 24. The van der Waals surface area contributed by atoms with E-state index in [1.807, 2.05) is 0 Å². The van der Waals surface area contributed by atoms with Crippen LogP contribution in [-0.2, 0) is 20.1 Å². The summed E-state index contributed by atoms with van der Waals surface area (Å²) >= 11 is 3.67. The van der Waals surface area contributed by atoms with E-state index in [1.165, 1.54) is 251 Å². The van der Waals surface area contributed by atoms with Gasteiger partial charge in [0.1, 0.15) is 0 Å². The van der Waals surface area contributed by atoms with E-state index in [-0.39, 0.29) is 29.2 Å². The molecule has 1 aliphatic heterocycles. The second-order valence-electron chi connectivity index (χ2n) is 37.9. The molecule has 1 saturated heterocycles. The minimum absolute atomic E-state index is 0.0213. The van der Waals surface area contributed by atoms with Gasteiger partial charge in [0.05, 0.1) is 11.2 Å². The molecule has 2 aliphatic carbocycles. The minimum Gasteiger partial charge on any atom is -0.399 e. The fourth-order valence-electron chi connectivity index (χ4n) is 22.6. The van der Waals surface area contributed by atoms with Gasteiger partial charge in [-0.25, -0.2) is 0 Å². The summed E-state index contributed by atoms with van der Waals surface area (Å²) in [6, 6.07) is 145. The van der Waals surface area contributed by atoms with Crippen molar-refractivity contribution >= 4 is 179 Å². The minimum atomic E-state index is -0.358. The quantitative estimate of drug-likeness (QED) is 0.122. The van der Waals surface area contributed by atoms with Gasteiger partial charge < -0.3 is 9.31 Å². The topological polar surface area (TPSA) is 18.5 Å². The Kier molecular flexibility index (Phi) is 17.0. The Morgan fingerprint density at radius 2 is 0.484 bits per heavy atom. The SMILES string of the molecule is CC1(C)OB(c2ccc(-c3ccc4ccc5c(-c6cccc7ccccc67)ccc6ccc3c4c65)cc2)OC1(C)C.CC1(C)c2ccccc2-c2cc3c4ccccc4c4cc(-c5ccc(-c6ccc7ccc8c(-c9cccc%10ccccc9%10)ccc9ccc6c7c98)cc5)ccc4c3cc21.CC1(C)c2ccccc2-c2cc3c4ccccc4c4cc(Br)ccc4c3cc21. The van der Waals surface area contributed by atoms with Crippen LogP contribution in [-0.4, -0.2) is 18.3 Å². The molecule has 4 heteroatoms. The summed E-state index contributed by atoms with van der Waals surface area (Å²) in [4.78, 5) is 0. The zero-order valence-electron chi connectivity index (χ0n) is 72.7. The molecule has 0 saturated carbocycles. The molecule has 27 rings (SSSR count). The molecule has 0 amide bonds. The molecule has 0 bridgehead atoms. The van der Waals surface area contributed by atoms with Crippen LogP contribution in [0.1, 0.15) is 77.6 Å². The number of halogens is 1. The maximum atomic E-state index is 6.30. The van der Waals surface area contributed by atoms with E-state index in [1.54, 1.807) is 0 Å². The molecule has 0 aromatic heterocycles. The third kappa shape index (κ3) is 11.6. The maximum absolute atomic E-state index is 6.30. The Bertz CT molecular complexity index is 8810. The molecule has 606 valence electrons. The number of fused-ring (bicyclic) bond motifs is 20. The van der Waals surface area contributed by atoms with Crippen molar-refractivity contribution in [1.82, 2.24) is 0 Å². The van der Waals surface area contributed by atoms with Gasteiger partial charge in [-0.1, -0.05) is 389 Å². The van der Waals surface area contributed by atoms with Crippen LogP contribution < -0.4 is 5.46 Å². The maximum Gasteiger partial charge on any atom is 0.494 e. The summed E-state index contributed by atoms with van der Waals surface area (Å²) in [6.45, 7) is 17.8. The van der Waals surface area contributed by atoms with Crippen molar-refractivity contribution in [3.8, 4) is 77.9 Å². The van der Waals surface area contributed by atoms with E-state index >= 15 is 0 Å². The number of rotatable bonds is 6. The van der Waals surface area contributed by atoms with E-state index in [2.05, 4.69) is 460 Å². The van der Waals surface area contributed by atoms with Gasteiger partial charge in [0.15, 0.2) is 0 Å². The summed E-state index contributed by atoms with van der Waals surface area (Å²) < 4.78 is 13.7. The van der Waals surface area contributed by atoms with Gasteiger partial charge in [0, 0.05) is 15.3 Å². The molecule has 128 heavy (non-hydrogen) atoms. The van der Waals surface area contributed by atoms with Crippen molar-refractivity contribution < 1.29 is 9.31 Å². The van der Waals surface area contributed by atoms with Gasteiger partial charge >= 0.3 is 7.12 Å². The predicted molar refractivity (Wildman–Crippen MR) is 553 cm³/mol. The molecule has 24 aromatic carbocycles. The largest absolute Gasteiger partial charge is 0.494 e. The molecular weight excluding hydrogens is 1610 g/mol. The highest BCUT2D eigenvalue weighted by Crippen LogP contribution is 2.55. The standard InChI is InChI=1S/C59H38.C38H31BO2.C27H19Br/c1-59(2)55-17-8-7-15-48(55)54-33-52-45-14-6-5-13-44(45)51-32-40(26-29-47(51)53(52)34-56(54)59)35-18-20-37(21-19-35)42-27-22-38-25-31-50-46(28-23-39-24-30-49(42)57(38)58(39)50)43-16-9-11-36-10-3-4-12-41(36)43;1-37(2)38(3,4)41-39(40-37)28-18-12-25(13-19-28)30-20-14-26-17-23-34-32(21-15-27-16-22-33(30)35(26)36(27)34)31-11-7-9-24-8-5-6-10-29(24)31;1-27(2)25-10-6-5-9-20(25)24-14-22-18-8-4-3-7-17(18)21-13-16(28)11-12-19(21)23(22)15-26(24)27/h3-34H,1-2H3;5-23H,1-4H3;3-15H,1-2H3. The highest BCUT2D eigenvalue weighted by molar-refractivity contribution is 9.10. The molecule has 1 heterocycles. The molecule has 2 nitrogen and oxygen atoms in total. The molecule has 24 aromatic rings. The summed E-state index contributed by atoms with van der Waals surface area (Å²) in [5.41, 5.74) is 24.0. The molecule has 0 N–H and O–H groups in total. The van der Waals surface area contributed by atoms with Crippen molar-refractivity contribution in [2.45, 2.75) is 77.4 Å². The van der Waals surface area contributed by atoms with Crippen LogP contribution in [0.4, 0.5) is 0 Å². The Labute approximate surface area is 753 Å². The summed E-state index contributed by atoms with van der Waals surface area (Å²) in [5.74, 6) is 0. The van der Waals surface area contributed by atoms with E-state index < -0.39 is 0 Å². The summed E-state index contributed by atoms with van der Waals surface area (Å²) in [5, 5.41) is 36.6. The first-order valence-electron chi connectivity index (χ1n) is 45.0. The van der Waals surface area contributed by atoms with Crippen LogP contribution in [0.5, 0.6) is 0 Å². The lowest BCUT2D eigenvalue weighted by molar-refractivity contribution is 0.00578. The molecule has 0 atom stereocenters. The molecule has 0 radical (unpaired) electrons. The molecule has 0 spiro atoms. The molecule has 1 fully saturated rings. The van der Waals surface area contributed by atoms with E-state index in [0.717, 1.165) is 9.94 Å². The van der Waals surface area contributed by atoms with Crippen molar-refractivity contribution in [3.63, 3.8) is 0 Å². The van der Waals surface area contributed by atoms with Gasteiger partial charge in [-0.15, -0.1) is 0 Å². The lowest BCUT2D eigenvalue weighted by Crippen LogP contribution is -2.41. The molecule has 3 aliphatic rings. The van der Waals surface area contributed by atoms with Gasteiger partial charge in [-0.2, -0.15) is 0 Å². The molecule has 0 unspecified atom stereocenters. The van der Waals surface area contributed by atoms with E-state index in [4.69, 9.17) is 9.31 Å². The Morgan fingerprint density at radius 3 is 0.930 bits per heavy atom. The Hall–Kier alpha value is -14.1. The van der Waals surface area contributed by atoms with Gasteiger partial charge in [0.25, 0.3) is 0 Å². The smallest absolute Gasteiger partial charge is 0.399 e. The highest BCUT2D eigenvalue weighted by atomic mass is 79.9. The van der Waals surface area contributed by atoms with E-state index in [0.29, 0.717) is 0 Å². The first kappa shape index (κ1) is 76.3. The Balaban J connectivity index is 0.000000112.